The predicted octanol–water partition coefficient (Wildman–Crippen LogP) is -1.45. The molecular formula is C19H23B3N4O. The maximum atomic E-state index is 11.7. The van der Waals surface area contributed by atoms with E-state index in [9.17, 15) is 4.79 Å². The third kappa shape index (κ3) is 2.88. The van der Waals surface area contributed by atoms with Crippen molar-refractivity contribution in [2.24, 2.45) is 5.73 Å². The summed E-state index contributed by atoms with van der Waals surface area (Å²) in [5, 5.41) is 9.37. The first-order valence-electron chi connectivity index (χ1n) is 9.54. The standard InChI is InChI=1S/C19H23B3N4O/c20-16-13-3-1-4-14(17(23)27)15(13)25-26(16)12-7-5-11(6-8-12)19(22)9-2-10-24-18(19)21/h1,3-8,18,24H,2,9-10,20-22H2,(H2,23,27). The van der Waals surface area contributed by atoms with Gasteiger partial charge in [-0.2, -0.15) is 5.10 Å². The Morgan fingerprint density at radius 3 is 2.67 bits per heavy atom. The van der Waals surface area contributed by atoms with Crippen LogP contribution in [0.4, 0.5) is 0 Å². The van der Waals surface area contributed by atoms with E-state index in [1.54, 1.807) is 6.07 Å². The van der Waals surface area contributed by atoms with Crippen molar-refractivity contribution in [3.8, 4) is 5.69 Å². The van der Waals surface area contributed by atoms with Crippen molar-refractivity contribution in [3.05, 3.63) is 53.6 Å². The van der Waals surface area contributed by atoms with Gasteiger partial charge >= 0.3 is 0 Å². The number of nitrogens with two attached hydrogens (primary N) is 1. The zero-order valence-corrected chi connectivity index (χ0v) is 16.1. The van der Waals surface area contributed by atoms with Crippen molar-refractivity contribution >= 4 is 45.9 Å². The van der Waals surface area contributed by atoms with Crippen LogP contribution in [-0.4, -0.2) is 51.7 Å². The third-order valence-electron chi connectivity index (χ3n) is 6.26. The number of primary amides is 1. The first-order chi connectivity index (χ1) is 12.9. The number of fused-ring (bicyclic) bond motifs is 1. The molecule has 1 aliphatic heterocycles. The molecule has 1 amide bonds. The van der Waals surface area contributed by atoms with Crippen LogP contribution in [0.2, 0.25) is 0 Å². The molecule has 0 radical (unpaired) electrons. The molecule has 3 aromatic rings. The minimum atomic E-state index is -0.452. The second-order valence-electron chi connectivity index (χ2n) is 7.81. The normalized spacial score (nSPS) is 22.7. The highest BCUT2D eigenvalue weighted by molar-refractivity contribution is 6.38. The van der Waals surface area contributed by atoms with Gasteiger partial charge in [0.1, 0.15) is 21.2 Å². The summed E-state index contributed by atoms with van der Waals surface area (Å²) in [6.45, 7) is 1.09. The Labute approximate surface area is 161 Å². The number of amides is 1. The van der Waals surface area contributed by atoms with E-state index in [4.69, 9.17) is 5.73 Å². The van der Waals surface area contributed by atoms with Gasteiger partial charge in [-0.1, -0.05) is 24.3 Å². The van der Waals surface area contributed by atoms with Gasteiger partial charge in [0.15, 0.2) is 7.85 Å². The molecule has 2 heterocycles. The number of nitrogens with zero attached hydrogens (tertiary/aromatic N) is 2. The summed E-state index contributed by atoms with van der Waals surface area (Å²) in [4.78, 5) is 11.7. The largest absolute Gasteiger partial charge is 0.366 e. The summed E-state index contributed by atoms with van der Waals surface area (Å²) in [6.07, 6.45) is 2.38. The molecule has 0 aliphatic carbocycles. The molecule has 2 aromatic carbocycles. The fourth-order valence-corrected chi connectivity index (χ4v) is 4.28. The zero-order chi connectivity index (χ0) is 19.2. The van der Waals surface area contributed by atoms with Crippen LogP contribution in [0.1, 0.15) is 28.8 Å². The molecule has 27 heavy (non-hydrogen) atoms. The molecular weight excluding hydrogens is 333 g/mol. The van der Waals surface area contributed by atoms with Crippen LogP contribution in [-0.2, 0) is 5.31 Å². The highest BCUT2D eigenvalue weighted by atomic mass is 16.1. The maximum absolute atomic E-state index is 11.7. The SMILES string of the molecule is Bc1c2cccc(C(N)=O)c2nn1-c1ccc(C2(B)CCCNC2B)cc1. The number of piperidine rings is 1. The Morgan fingerprint density at radius 1 is 1.26 bits per heavy atom. The minimum Gasteiger partial charge on any atom is -0.366 e. The van der Waals surface area contributed by atoms with E-state index in [0.717, 1.165) is 23.2 Å². The summed E-state index contributed by atoms with van der Waals surface area (Å²) in [6, 6.07) is 14.2. The summed E-state index contributed by atoms with van der Waals surface area (Å²) >= 11 is 0. The van der Waals surface area contributed by atoms with Crippen LogP contribution < -0.4 is 16.6 Å². The number of rotatable bonds is 3. The molecule has 0 spiro atoms. The van der Waals surface area contributed by atoms with Crippen molar-refractivity contribution in [2.45, 2.75) is 24.1 Å². The van der Waals surface area contributed by atoms with Crippen molar-refractivity contribution in [3.63, 3.8) is 0 Å². The molecule has 1 aromatic heterocycles. The third-order valence-corrected chi connectivity index (χ3v) is 6.26. The number of benzene rings is 2. The summed E-state index contributed by atoms with van der Waals surface area (Å²) < 4.78 is 1.89. The molecule has 134 valence electrons. The first kappa shape index (κ1) is 17.9. The summed E-state index contributed by atoms with van der Waals surface area (Å²) in [7, 11) is 6.62. The van der Waals surface area contributed by atoms with E-state index in [1.165, 1.54) is 18.4 Å². The number of carbonyl (C=O) groups is 1. The molecule has 1 fully saturated rings. The van der Waals surface area contributed by atoms with Crippen molar-refractivity contribution in [2.75, 3.05) is 6.54 Å². The van der Waals surface area contributed by atoms with E-state index < -0.39 is 5.91 Å². The van der Waals surface area contributed by atoms with Gasteiger partial charge in [-0.05, 0) is 54.4 Å². The average Bonchev–Trinajstić information content (AvgIpc) is 3.01. The van der Waals surface area contributed by atoms with E-state index in [0.29, 0.717) is 17.0 Å². The second kappa shape index (κ2) is 6.61. The smallest absolute Gasteiger partial charge is 0.250 e. The predicted molar refractivity (Wildman–Crippen MR) is 118 cm³/mol. The van der Waals surface area contributed by atoms with Gasteiger partial charge < -0.3 is 11.1 Å². The fourth-order valence-electron chi connectivity index (χ4n) is 4.28. The highest BCUT2D eigenvalue weighted by Gasteiger charge is 2.34. The van der Waals surface area contributed by atoms with Crippen LogP contribution in [0.3, 0.4) is 0 Å². The van der Waals surface area contributed by atoms with Crippen molar-refractivity contribution < 1.29 is 4.79 Å². The molecule has 1 saturated heterocycles. The molecule has 2 atom stereocenters. The monoisotopic (exact) mass is 356 g/mol. The Balaban J connectivity index is 1.75. The summed E-state index contributed by atoms with van der Waals surface area (Å²) in [5.41, 5.74) is 9.96. The maximum Gasteiger partial charge on any atom is 0.250 e. The van der Waals surface area contributed by atoms with Crippen LogP contribution >= 0.6 is 0 Å². The number of carbonyl (C=O) groups excluding carboxylic acids is 1. The quantitative estimate of drug-likeness (QED) is 0.565. The van der Waals surface area contributed by atoms with Gasteiger partial charge in [-0.3, -0.25) is 4.79 Å². The number of hydrogen-bond acceptors (Lipinski definition) is 3. The lowest BCUT2D eigenvalue weighted by atomic mass is 9.51. The molecule has 4 rings (SSSR count). The van der Waals surface area contributed by atoms with Crippen LogP contribution in [0, 0.1) is 0 Å². The van der Waals surface area contributed by atoms with Gasteiger partial charge in [0, 0.05) is 11.0 Å². The Morgan fingerprint density at radius 2 is 2.00 bits per heavy atom. The first-order valence-corrected chi connectivity index (χ1v) is 9.54. The number of hydrogen-bond donors (Lipinski definition) is 2. The average molecular weight is 356 g/mol. The minimum absolute atomic E-state index is 0.139. The van der Waals surface area contributed by atoms with Crippen LogP contribution in [0.5, 0.6) is 0 Å². The zero-order valence-electron chi connectivity index (χ0n) is 16.1. The lowest BCUT2D eigenvalue weighted by Crippen LogP contribution is -2.53. The Hall–Kier alpha value is -2.47. The Kier molecular flexibility index (Phi) is 4.39. The molecule has 3 N–H and O–H groups in total. The van der Waals surface area contributed by atoms with E-state index in [2.05, 4.69) is 50.4 Å². The van der Waals surface area contributed by atoms with Crippen LogP contribution in [0.25, 0.3) is 16.6 Å². The molecule has 5 nitrogen and oxygen atoms in total. The van der Waals surface area contributed by atoms with Crippen molar-refractivity contribution in [1.29, 1.82) is 0 Å². The van der Waals surface area contributed by atoms with Gasteiger partial charge in [-0.25, -0.2) is 4.68 Å². The lowest BCUT2D eigenvalue weighted by molar-refractivity contribution is 0.100. The fraction of sp³-hybridized carbons (Fsp3) is 0.263. The van der Waals surface area contributed by atoms with Gasteiger partial charge in [0.05, 0.1) is 11.3 Å². The number of nitrogens with one attached hydrogen (secondary N) is 1. The van der Waals surface area contributed by atoms with Crippen molar-refractivity contribution in [1.82, 2.24) is 15.1 Å². The van der Waals surface area contributed by atoms with Gasteiger partial charge in [0.2, 0.25) is 0 Å². The second-order valence-corrected chi connectivity index (χ2v) is 7.81. The van der Waals surface area contributed by atoms with Gasteiger partial charge in [-0.15, -0.1) is 0 Å². The lowest BCUT2D eigenvalue weighted by Gasteiger charge is -2.41. The van der Waals surface area contributed by atoms with E-state index >= 15 is 0 Å². The van der Waals surface area contributed by atoms with E-state index in [1.807, 2.05) is 24.7 Å². The molecule has 1 aliphatic rings. The molecule has 2 unspecified atom stereocenters. The summed E-state index contributed by atoms with van der Waals surface area (Å²) in [5.74, 6) is -0.00318. The van der Waals surface area contributed by atoms with Crippen LogP contribution in [0.15, 0.2) is 42.5 Å². The van der Waals surface area contributed by atoms with Gasteiger partial charge in [0.25, 0.3) is 5.91 Å². The highest BCUT2D eigenvalue weighted by Crippen LogP contribution is 2.31. The van der Waals surface area contributed by atoms with E-state index in [-0.39, 0.29) is 5.31 Å². The molecule has 0 bridgehead atoms. The molecule has 0 saturated carbocycles. The Bertz CT molecular complexity index is 1020. The number of aromatic nitrogens is 2. The topological polar surface area (TPSA) is 72.9 Å². The molecule has 8 heteroatoms.